The summed E-state index contributed by atoms with van der Waals surface area (Å²) < 4.78 is 90.1. The van der Waals surface area contributed by atoms with Crippen molar-refractivity contribution in [2.45, 2.75) is 57.3 Å². The Balaban J connectivity index is 1.62. The molecule has 3 aromatic rings. The smallest absolute Gasteiger partial charge is 0.416 e. The van der Waals surface area contributed by atoms with Crippen molar-refractivity contribution >= 4 is 17.3 Å². The third-order valence-corrected chi connectivity index (χ3v) is 8.32. The molecule has 0 unspecified atom stereocenters. The van der Waals surface area contributed by atoms with Gasteiger partial charge in [-0.25, -0.2) is 9.78 Å². The minimum Gasteiger partial charge on any atom is -0.454 e. The maximum atomic E-state index is 13.2. The van der Waals surface area contributed by atoms with Crippen LogP contribution in [0.2, 0.25) is 0 Å². The lowest BCUT2D eigenvalue weighted by Crippen LogP contribution is -2.38. The number of hydrogen-bond donors (Lipinski definition) is 0. The molecule has 0 radical (unpaired) electrons. The summed E-state index contributed by atoms with van der Waals surface area (Å²) in [6.45, 7) is 2.47. The maximum Gasteiger partial charge on any atom is 0.416 e. The number of methoxy groups -OCH3 is 1. The van der Waals surface area contributed by atoms with Crippen molar-refractivity contribution in [1.82, 2.24) is 9.88 Å². The lowest BCUT2D eigenvalue weighted by atomic mass is 9.96. The Kier molecular flexibility index (Phi) is 9.76. The molecule has 1 fully saturated rings. The second-order valence-corrected chi connectivity index (χ2v) is 10.9. The number of rotatable bonds is 9. The Morgan fingerprint density at radius 1 is 1.02 bits per heavy atom. The van der Waals surface area contributed by atoms with Crippen molar-refractivity contribution < 1.29 is 40.6 Å². The van der Waals surface area contributed by atoms with E-state index in [1.165, 1.54) is 30.6 Å². The van der Waals surface area contributed by atoms with Crippen molar-refractivity contribution in [2.75, 3.05) is 20.2 Å². The highest BCUT2D eigenvalue weighted by Gasteiger charge is 2.41. The van der Waals surface area contributed by atoms with Crippen molar-refractivity contribution in [2.24, 2.45) is 5.92 Å². The Hall–Kier alpha value is -2.96. The van der Waals surface area contributed by atoms with Crippen LogP contribution >= 0.6 is 11.3 Å². The number of hydrogen-bond acceptors (Lipinski definition) is 6. The number of alkyl halides is 6. The zero-order chi connectivity index (χ0) is 29.8. The summed E-state index contributed by atoms with van der Waals surface area (Å²) in [4.78, 5) is 20.3. The van der Waals surface area contributed by atoms with Gasteiger partial charge in [-0.2, -0.15) is 26.3 Å². The molecule has 41 heavy (non-hydrogen) atoms. The normalized spacial score (nSPS) is 16.9. The van der Waals surface area contributed by atoms with Gasteiger partial charge in [-0.1, -0.05) is 49.4 Å². The van der Waals surface area contributed by atoms with Gasteiger partial charge < -0.3 is 9.47 Å². The molecule has 0 aliphatic carbocycles. The zero-order valence-corrected chi connectivity index (χ0v) is 23.3. The van der Waals surface area contributed by atoms with Crippen LogP contribution < -0.4 is 0 Å². The van der Waals surface area contributed by atoms with Crippen LogP contribution in [0, 0.1) is 5.92 Å². The second kappa shape index (κ2) is 12.9. The van der Waals surface area contributed by atoms with Gasteiger partial charge in [-0.05, 0) is 50.0 Å². The lowest BCUT2D eigenvalue weighted by molar-refractivity contribution is -0.185. The van der Waals surface area contributed by atoms with Crippen LogP contribution in [0.15, 0.2) is 54.6 Å². The monoisotopic (exact) mass is 600 g/mol. The first-order chi connectivity index (χ1) is 19.4. The van der Waals surface area contributed by atoms with E-state index in [2.05, 4.69) is 4.98 Å². The fourth-order valence-electron chi connectivity index (χ4n) is 4.80. The molecule has 0 saturated carbocycles. The predicted molar refractivity (Wildman–Crippen MR) is 142 cm³/mol. The molecule has 2 aromatic carbocycles. The minimum atomic E-state index is -4.49. The molecule has 1 aromatic heterocycles. The highest BCUT2D eigenvalue weighted by Crippen LogP contribution is 2.39. The van der Waals surface area contributed by atoms with E-state index >= 15 is 0 Å². The van der Waals surface area contributed by atoms with E-state index in [9.17, 15) is 31.1 Å². The van der Waals surface area contributed by atoms with E-state index in [-0.39, 0.29) is 32.5 Å². The van der Waals surface area contributed by atoms with E-state index in [1.807, 2.05) is 11.8 Å². The van der Waals surface area contributed by atoms with Gasteiger partial charge in [0.15, 0.2) is 6.10 Å². The van der Waals surface area contributed by atoms with Crippen molar-refractivity contribution in [1.29, 1.82) is 0 Å². The summed E-state index contributed by atoms with van der Waals surface area (Å²) in [6.07, 6.45) is -10.1. The summed E-state index contributed by atoms with van der Waals surface area (Å²) >= 11 is 1.19. The molecule has 0 bridgehead atoms. The number of thiazole rings is 1. The van der Waals surface area contributed by atoms with Gasteiger partial charge in [0.25, 0.3) is 0 Å². The molecule has 2 heterocycles. The first-order valence-electron chi connectivity index (χ1n) is 13.1. The van der Waals surface area contributed by atoms with Gasteiger partial charge in [0.2, 0.25) is 0 Å². The molecule has 0 N–H and O–H groups in total. The molecule has 4 rings (SSSR count). The van der Waals surface area contributed by atoms with Crippen LogP contribution in [-0.4, -0.2) is 42.2 Å². The van der Waals surface area contributed by atoms with Crippen molar-refractivity contribution in [3.8, 4) is 10.6 Å². The fourth-order valence-corrected chi connectivity index (χ4v) is 6.00. The molecule has 5 nitrogen and oxygen atoms in total. The average molecular weight is 601 g/mol. The van der Waals surface area contributed by atoms with Gasteiger partial charge in [0, 0.05) is 19.2 Å². The number of piperidine rings is 1. The largest absolute Gasteiger partial charge is 0.454 e. The first-order valence-corrected chi connectivity index (χ1v) is 14.0. The van der Waals surface area contributed by atoms with Crippen LogP contribution in [0.5, 0.6) is 0 Å². The van der Waals surface area contributed by atoms with Crippen LogP contribution in [0.1, 0.15) is 60.1 Å². The molecule has 12 heteroatoms. The third-order valence-electron chi connectivity index (χ3n) is 7.08. The number of nitrogens with zero attached hydrogens (tertiary/aromatic N) is 2. The van der Waals surface area contributed by atoms with Gasteiger partial charge in [0.05, 0.1) is 22.1 Å². The molecule has 0 amide bonds. The second-order valence-electron chi connectivity index (χ2n) is 9.86. The molecule has 222 valence electrons. The molecule has 1 aliphatic heterocycles. The van der Waals surface area contributed by atoms with Crippen molar-refractivity contribution in [3.63, 3.8) is 0 Å². The SMILES string of the molecule is CC[C@H](OC(=O)[C@H](OC)c1ccccc1)c1sc(-c2ccc(C(F)(F)F)cc2)nc1CN1CCC(C(F)(F)F)CC1. The number of carbonyl (C=O) groups excluding carboxylic acids is 1. The molecular formula is C29H30F6N2O3S. The summed E-state index contributed by atoms with van der Waals surface area (Å²) in [6, 6.07) is 13.4. The Morgan fingerprint density at radius 2 is 1.66 bits per heavy atom. The van der Waals surface area contributed by atoms with Crippen molar-refractivity contribution in [3.05, 3.63) is 76.3 Å². The summed E-state index contributed by atoms with van der Waals surface area (Å²) in [7, 11) is 1.39. The number of halogens is 6. The summed E-state index contributed by atoms with van der Waals surface area (Å²) in [5.74, 6) is -1.98. The molecule has 1 aliphatic rings. The zero-order valence-electron chi connectivity index (χ0n) is 22.5. The number of likely N-dealkylation sites (tertiary alicyclic amines) is 1. The standard InChI is InChI=1S/C29H30F6N2O3S/c1-3-23(40-27(38)24(39-2)18-7-5-4-6-8-18)25-22(17-37-15-13-21(14-16-37)29(33,34)35)36-26(41-25)19-9-11-20(12-10-19)28(30,31)32/h4-12,21,23-24H,3,13-17H2,1-2H3/t23-,24+/m0/s1. The highest BCUT2D eigenvalue weighted by atomic mass is 32.1. The highest BCUT2D eigenvalue weighted by molar-refractivity contribution is 7.15. The fraction of sp³-hybridized carbons (Fsp3) is 0.448. The van der Waals surface area contributed by atoms with Gasteiger partial charge in [-0.15, -0.1) is 11.3 Å². The van der Waals surface area contributed by atoms with Crippen LogP contribution in [0.25, 0.3) is 10.6 Å². The van der Waals surface area contributed by atoms with E-state index in [0.29, 0.717) is 33.1 Å². The number of carbonyl (C=O) groups is 1. The number of ether oxygens (including phenoxy) is 2. The summed E-state index contributed by atoms with van der Waals surface area (Å²) in [5, 5.41) is 0.426. The number of esters is 1. The van der Waals surface area contributed by atoms with Gasteiger partial charge in [0.1, 0.15) is 11.1 Å². The molecular weight excluding hydrogens is 570 g/mol. The molecule has 0 spiro atoms. The topological polar surface area (TPSA) is 51.7 Å². The van der Waals surface area contributed by atoms with Crippen LogP contribution in [0.3, 0.4) is 0 Å². The third kappa shape index (κ3) is 7.66. The summed E-state index contributed by atoms with van der Waals surface area (Å²) in [5.41, 5.74) is 0.783. The number of benzene rings is 2. The van der Waals surface area contributed by atoms with E-state index in [1.54, 1.807) is 30.3 Å². The van der Waals surface area contributed by atoms with E-state index in [0.717, 1.165) is 12.1 Å². The Bertz CT molecular complexity index is 1290. The Labute approximate surface area is 238 Å². The van der Waals surface area contributed by atoms with E-state index in [4.69, 9.17) is 9.47 Å². The average Bonchev–Trinajstić information content (AvgIpc) is 3.35. The lowest BCUT2D eigenvalue weighted by Gasteiger charge is -2.32. The Morgan fingerprint density at radius 3 is 2.20 bits per heavy atom. The van der Waals surface area contributed by atoms with Gasteiger partial charge in [-0.3, -0.25) is 4.90 Å². The number of aromatic nitrogens is 1. The molecule has 2 atom stereocenters. The molecule has 1 saturated heterocycles. The quantitative estimate of drug-likeness (QED) is 0.184. The van der Waals surface area contributed by atoms with Crippen LogP contribution in [-0.2, 0) is 27.0 Å². The predicted octanol–water partition coefficient (Wildman–Crippen LogP) is 7.99. The van der Waals surface area contributed by atoms with E-state index < -0.39 is 42.0 Å². The van der Waals surface area contributed by atoms with Gasteiger partial charge >= 0.3 is 18.3 Å². The van der Waals surface area contributed by atoms with Crippen LogP contribution in [0.4, 0.5) is 26.3 Å². The first kappa shape index (κ1) is 31.0. The minimum absolute atomic E-state index is 0.0342. The maximum absolute atomic E-state index is 13.2.